The molecule has 0 aliphatic heterocycles. The molecular formula is C15H11NO2S2. The van der Waals surface area contributed by atoms with Crippen molar-refractivity contribution in [3.05, 3.63) is 46.2 Å². The molecular weight excluding hydrogens is 290 g/mol. The Kier molecular flexibility index (Phi) is 4.07. The molecule has 0 radical (unpaired) electrons. The smallest absolute Gasteiger partial charge is 0.257 e. The van der Waals surface area contributed by atoms with Gasteiger partial charge in [-0.1, -0.05) is 35.7 Å². The molecule has 0 atom stereocenters. The number of nitrogens with zero attached hydrogens (tertiary/aromatic N) is 1. The fraction of sp³-hybridized carbons (Fsp3) is 0.133. The number of aliphatic hydroxyl groups excluding tert-OH is 1. The van der Waals surface area contributed by atoms with E-state index in [2.05, 4.69) is 16.8 Å². The number of hydrogen-bond donors (Lipinski definition) is 1. The molecule has 5 heteroatoms. The summed E-state index contributed by atoms with van der Waals surface area (Å²) in [5.41, 5.74) is 2.64. The first-order valence-electron chi connectivity index (χ1n) is 6.00. The van der Waals surface area contributed by atoms with E-state index in [-0.39, 0.29) is 6.61 Å². The van der Waals surface area contributed by atoms with E-state index >= 15 is 0 Å². The molecule has 0 unspecified atom stereocenters. The lowest BCUT2D eigenvalue weighted by molar-refractivity contribution is 0.350. The Morgan fingerprint density at radius 2 is 2.25 bits per heavy atom. The Hall–Kier alpha value is -1.74. The Bertz CT molecular complexity index is 747. The van der Waals surface area contributed by atoms with E-state index in [1.165, 1.54) is 4.88 Å². The quantitative estimate of drug-likeness (QED) is 0.594. The number of oxazole rings is 1. The van der Waals surface area contributed by atoms with Gasteiger partial charge in [0.05, 0.1) is 0 Å². The third-order valence-corrected chi connectivity index (χ3v) is 4.57. The Balaban J connectivity index is 1.68. The van der Waals surface area contributed by atoms with E-state index in [0.29, 0.717) is 5.22 Å². The van der Waals surface area contributed by atoms with Gasteiger partial charge in [0.1, 0.15) is 12.1 Å². The zero-order valence-corrected chi connectivity index (χ0v) is 12.1. The molecule has 3 aromatic rings. The molecule has 0 saturated carbocycles. The number of rotatable bonds is 3. The minimum atomic E-state index is -0.108. The van der Waals surface area contributed by atoms with Crippen LogP contribution in [0.3, 0.4) is 0 Å². The van der Waals surface area contributed by atoms with Gasteiger partial charge in [0.15, 0.2) is 5.58 Å². The van der Waals surface area contributed by atoms with Crippen molar-refractivity contribution in [1.29, 1.82) is 0 Å². The summed E-state index contributed by atoms with van der Waals surface area (Å²) in [7, 11) is 0. The Morgan fingerprint density at radius 1 is 1.35 bits per heavy atom. The fourth-order valence-corrected chi connectivity index (χ4v) is 3.42. The molecule has 100 valence electrons. The zero-order valence-electron chi connectivity index (χ0n) is 10.5. The summed E-state index contributed by atoms with van der Waals surface area (Å²) in [6.07, 6.45) is 0. The lowest BCUT2D eigenvalue weighted by Gasteiger charge is -1.91. The maximum Gasteiger partial charge on any atom is 0.257 e. The molecule has 0 aliphatic carbocycles. The van der Waals surface area contributed by atoms with Crippen molar-refractivity contribution in [2.45, 2.75) is 11.0 Å². The summed E-state index contributed by atoms with van der Waals surface area (Å²) in [5.74, 6) is 6.34. The first kappa shape index (κ1) is 13.3. The molecule has 2 heterocycles. The van der Waals surface area contributed by atoms with Crippen molar-refractivity contribution in [2.24, 2.45) is 0 Å². The van der Waals surface area contributed by atoms with Crippen LogP contribution in [0, 0.1) is 11.8 Å². The van der Waals surface area contributed by atoms with Crippen LogP contribution in [0.1, 0.15) is 10.4 Å². The van der Waals surface area contributed by atoms with E-state index in [4.69, 9.17) is 9.52 Å². The van der Waals surface area contributed by atoms with Crippen molar-refractivity contribution < 1.29 is 9.52 Å². The van der Waals surface area contributed by atoms with Gasteiger partial charge in [0.25, 0.3) is 5.22 Å². The highest BCUT2D eigenvalue weighted by atomic mass is 32.2. The maximum atomic E-state index is 8.66. The second-order valence-corrected chi connectivity index (χ2v) is 5.92. The van der Waals surface area contributed by atoms with Gasteiger partial charge in [-0.3, -0.25) is 0 Å². The normalized spacial score (nSPS) is 10.4. The topological polar surface area (TPSA) is 46.3 Å². The number of hydrogen-bond acceptors (Lipinski definition) is 5. The first-order chi connectivity index (χ1) is 9.85. The summed E-state index contributed by atoms with van der Waals surface area (Å²) in [4.78, 5) is 5.63. The number of benzene rings is 1. The lowest BCUT2D eigenvalue weighted by Crippen LogP contribution is -1.75. The monoisotopic (exact) mass is 301 g/mol. The highest BCUT2D eigenvalue weighted by Crippen LogP contribution is 2.28. The lowest BCUT2D eigenvalue weighted by atomic mass is 10.3. The molecule has 1 aromatic carbocycles. The van der Waals surface area contributed by atoms with Crippen molar-refractivity contribution in [3.63, 3.8) is 0 Å². The molecule has 0 saturated heterocycles. The van der Waals surface area contributed by atoms with Crippen LogP contribution in [0.25, 0.3) is 11.1 Å². The molecule has 0 bridgehead atoms. The van der Waals surface area contributed by atoms with Crippen molar-refractivity contribution >= 4 is 34.2 Å². The third-order valence-electron chi connectivity index (χ3n) is 2.58. The van der Waals surface area contributed by atoms with Gasteiger partial charge < -0.3 is 9.52 Å². The van der Waals surface area contributed by atoms with E-state index in [1.54, 1.807) is 23.1 Å². The fourth-order valence-electron chi connectivity index (χ4n) is 1.71. The molecule has 20 heavy (non-hydrogen) atoms. The summed E-state index contributed by atoms with van der Waals surface area (Å²) in [5, 5.41) is 11.3. The minimum absolute atomic E-state index is 0.108. The Morgan fingerprint density at radius 3 is 3.10 bits per heavy atom. The summed E-state index contributed by atoms with van der Waals surface area (Å²) in [6, 6.07) is 9.78. The number of aromatic nitrogens is 1. The van der Waals surface area contributed by atoms with Crippen LogP contribution in [-0.2, 0) is 5.75 Å². The Labute approximate surface area is 124 Å². The molecule has 2 aromatic heterocycles. The van der Waals surface area contributed by atoms with Crippen LogP contribution in [-0.4, -0.2) is 16.7 Å². The van der Waals surface area contributed by atoms with Crippen LogP contribution in [0.5, 0.6) is 0 Å². The largest absolute Gasteiger partial charge is 0.431 e. The predicted molar refractivity (Wildman–Crippen MR) is 81.9 cm³/mol. The predicted octanol–water partition coefficient (Wildman–Crippen LogP) is 3.53. The number of fused-ring (bicyclic) bond motifs is 1. The second kappa shape index (κ2) is 6.14. The van der Waals surface area contributed by atoms with Crippen LogP contribution in [0.4, 0.5) is 0 Å². The summed E-state index contributed by atoms with van der Waals surface area (Å²) >= 11 is 3.22. The first-order valence-corrected chi connectivity index (χ1v) is 7.87. The summed E-state index contributed by atoms with van der Waals surface area (Å²) < 4.78 is 5.66. The summed E-state index contributed by atoms with van der Waals surface area (Å²) in [6.45, 7) is -0.108. The van der Waals surface area contributed by atoms with Gasteiger partial charge in [-0.25, -0.2) is 4.98 Å². The van der Waals surface area contributed by atoms with E-state index in [9.17, 15) is 0 Å². The third kappa shape index (κ3) is 3.05. The van der Waals surface area contributed by atoms with Crippen LogP contribution < -0.4 is 0 Å². The van der Waals surface area contributed by atoms with Gasteiger partial charge in [-0.05, 0) is 18.2 Å². The number of thiophene rings is 1. The molecule has 0 aliphatic rings. The zero-order chi connectivity index (χ0) is 13.8. The van der Waals surface area contributed by atoms with Gasteiger partial charge in [0.2, 0.25) is 0 Å². The average molecular weight is 301 g/mol. The second-order valence-electron chi connectivity index (χ2n) is 4.00. The van der Waals surface area contributed by atoms with Crippen LogP contribution >= 0.6 is 23.1 Å². The van der Waals surface area contributed by atoms with Crippen molar-refractivity contribution in [2.75, 3.05) is 6.61 Å². The number of para-hydroxylation sites is 2. The molecule has 0 spiro atoms. The van der Waals surface area contributed by atoms with Gasteiger partial charge in [-0.2, -0.15) is 0 Å². The van der Waals surface area contributed by atoms with Crippen molar-refractivity contribution in [1.82, 2.24) is 4.98 Å². The molecule has 0 amide bonds. The van der Waals surface area contributed by atoms with E-state index in [1.807, 2.05) is 35.7 Å². The highest BCUT2D eigenvalue weighted by Gasteiger charge is 2.06. The highest BCUT2D eigenvalue weighted by molar-refractivity contribution is 7.98. The standard InChI is InChI=1S/C15H11NO2S2/c17-7-3-4-11-8-12(19-9-11)10-20-15-16-13-5-1-2-6-14(13)18-15/h1-2,5-6,8-9,17H,7,10H2. The molecule has 3 rings (SSSR count). The van der Waals surface area contributed by atoms with Crippen LogP contribution in [0.2, 0.25) is 0 Å². The minimum Gasteiger partial charge on any atom is -0.431 e. The van der Waals surface area contributed by atoms with Gasteiger partial charge in [0, 0.05) is 21.6 Å². The molecule has 1 N–H and O–H groups in total. The van der Waals surface area contributed by atoms with Crippen LogP contribution in [0.15, 0.2) is 45.4 Å². The maximum absolute atomic E-state index is 8.66. The number of aliphatic hydroxyl groups is 1. The number of thioether (sulfide) groups is 1. The van der Waals surface area contributed by atoms with Crippen molar-refractivity contribution in [3.8, 4) is 11.8 Å². The van der Waals surface area contributed by atoms with E-state index < -0.39 is 0 Å². The van der Waals surface area contributed by atoms with E-state index in [0.717, 1.165) is 22.4 Å². The molecule has 3 nitrogen and oxygen atoms in total. The van der Waals surface area contributed by atoms with Gasteiger partial charge in [-0.15, -0.1) is 11.3 Å². The van der Waals surface area contributed by atoms with Gasteiger partial charge >= 0.3 is 0 Å². The average Bonchev–Trinajstić information content (AvgIpc) is 3.09. The SMILES string of the molecule is OCC#Cc1csc(CSc2nc3ccccc3o2)c1. The molecule has 0 fully saturated rings.